The van der Waals surface area contributed by atoms with Gasteiger partial charge in [-0.15, -0.1) is 0 Å². The van der Waals surface area contributed by atoms with E-state index in [9.17, 15) is 14.7 Å². The fourth-order valence-electron chi connectivity index (χ4n) is 2.09. The van der Waals surface area contributed by atoms with E-state index >= 15 is 0 Å². The second-order valence-corrected chi connectivity index (χ2v) is 4.63. The van der Waals surface area contributed by atoms with Crippen molar-refractivity contribution in [2.24, 2.45) is 0 Å². The minimum Gasteiger partial charge on any atom is -0.545 e. The first-order valence-electron chi connectivity index (χ1n) is 6.58. The van der Waals surface area contributed by atoms with Crippen LogP contribution in [-0.4, -0.2) is 33.5 Å². The number of methoxy groups -OCH3 is 1. The number of aromatic carboxylic acids is 1. The van der Waals surface area contributed by atoms with Gasteiger partial charge in [-0.1, -0.05) is 0 Å². The smallest absolute Gasteiger partial charge is 0.412 e. The standard InChI is InChI=1S/C15H12N4O4/c1-23-15(22)18-12-4-2-9(6-16-12)11-7-17-13-5-3-10(14(20)21)8-19(11)13/h2-8H,1H3,(H,20,21)(H,16,18,22)/p-1. The van der Waals surface area contributed by atoms with Crippen molar-refractivity contribution in [1.29, 1.82) is 0 Å². The first kappa shape index (κ1) is 14.5. The largest absolute Gasteiger partial charge is 0.545 e. The van der Waals surface area contributed by atoms with E-state index in [1.165, 1.54) is 19.4 Å². The number of ether oxygens (including phenoxy) is 1. The predicted molar refractivity (Wildman–Crippen MR) is 78.8 cm³/mol. The zero-order chi connectivity index (χ0) is 16.4. The summed E-state index contributed by atoms with van der Waals surface area (Å²) in [5.41, 5.74) is 2.03. The Balaban J connectivity index is 1.98. The predicted octanol–water partition coefficient (Wildman–Crippen LogP) is 0.938. The molecule has 0 bridgehead atoms. The van der Waals surface area contributed by atoms with Crippen LogP contribution in [-0.2, 0) is 4.74 Å². The number of aromatic nitrogens is 3. The fraction of sp³-hybridized carbons (Fsp3) is 0.0667. The average Bonchev–Trinajstić information content (AvgIpc) is 2.98. The number of nitrogens with one attached hydrogen (secondary N) is 1. The SMILES string of the molecule is COC(=O)Nc1ccc(-c2cnc3ccc(C(=O)[O-])cn23)cn1. The van der Waals surface area contributed by atoms with E-state index in [2.05, 4.69) is 20.0 Å². The number of carbonyl (C=O) groups is 2. The van der Waals surface area contributed by atoms with E-state index in [-0.39, 0.29) is 5.56 Å². The number of carbonyl (C=O) groups excluding carboxylic acids is 2. The van der Waals surface area contributed by atoms with Gasteiger partial charge in [0.25, 0.3) is 0 Å². The van der Waals surface area contributed by atoms with Crippen LogP contribution < -0.4 is 10.4 Å². The number of carboxylic acids is 1. The Labute approximate surface area is 130 Å². The van der Waals surface area contributed by atoms with Gasteiger partial charge < -0.3 is 14.6 Å². The van der Waals surface area contributed by atoms with E-state index in [0.717, 1.165) is 0 Å². The van der Waals surface area contributed by atoms with Crippen molar-refractivity contribution in [3.63, 3.8) is 0 Å². The third-order valence-corrected chi connectivity index (χ3v) is 3.22. The minimum atomic E-state index is -1.26. The third-order valence-electron chi connectivity index (χ3n) is 3.22. The molecule has 3 aromatic heterocycles. The monoisotopic (exact) mass is 311 g/mol. The molecule has 1 amide bonds. The summed E-state index contributed by atoms with van der Waals surface area (Å²) in [5.74, 6) is -0.924. The second-order valence-electron chi connectivity index (χ2n) is 4.63. The van der Waals surface area contributed by atoms with Crippen LogP contribution in [0.2, 0.25) is 0 Å². The van der Waals surface area contributed by atoms with Gasteiger partial charge in [-0.05, 0) is 24.3 Å². The quantitative estimate of drug-likeness (QED) is 0.771. The van der Waals surface area contributed by atoms with Crippen molar-refractivity contribution in [2.45, 2.75) is 0 Å². The molecule has 0 aliphatic carbocycles. The zero-order valence-corrected chi connectivity index (χ0v) is 12.0. The van der Waals surface area contributed by atoms with Gasteiger partial charge in [0.15, 0.2) is 0 Å². The lowest BCUT2D eigenvalue weighted by Gasteiger charge is -2.07. The van der Waals surface area contributed by atoms with Crippen LogP contribution in [0.15, 0.2) is 42.9 Å². The van der Waals surface area contributed by atoms with E-state index in [4.69, 9.17) is 0 Å². The van der Waals surface area contributed by atoms with Crippen LogP contribution in [0.5, 0.6) is 0 Å². The molecule has 0 aromatic carbocycles. The molecule has 0 unspecified atom stereocenters. The Morgan fingerprint density at radius 3 is 2.65 bits per heavy atom. The molecule has 1 N–H and O–H groups in total. The van der Waals surface area contributed by atoms with Crippen molar-refractivity contribution in [2.75, 3.05) is 12.4 Å². The van der Waals surface area contributed by atoms with Crippen molar-refractivity contribution in [1.82, 2.24) is 14.4 Å². The molecule has 3 rings (SSSR count). The number of rotatable bonds is 3. The number of carboxylic acid groups (broad SMARTS) is 1. The summed E-state index contributed by atoms with van der Waals surface area (Å²) in [7, 11) is 1.26. The van der Waals surface area contributed by atoms with Crippen molar-refractivity contribution in [3.05, 3.63) is 48.4 Å². The van der Waals surface area contributed by atoms with Gasteiger partial charge in [-0.3, -0.25) is 9.72 Å². The van der Waals surface area contributed by atoms with E-state index in [1.807, 2.05) is 0 Å². The number of hydrogen-bond acceptors (Lipinski definition) is 6. The molecule has 8 heteroatoms. The fourth-order valence-corrected chi connectivity index (χ4v) is 2.09. The van der Waals surface area contributed by atoms with Crippen molar-refractivity contribution in [3.8, 4) is 11.3 Å². The van der Waals surface area contributed by atoms with E-state index < -0.39 is 12.1 Å². The average molecular weight is 311 g/mol. The highest BCUT2D eigenvalue weighted by atomic mass is 16.5. The van der Waals surface area contributed by atoms with Gasteiger partial charge >= 0.3 is 6.09 Å². The van der Waals surface area contributed by atoms with Gasteiger partial charge in [0.1, 0.15) is 11.5 Å². The minimum absolute atomic E-state index is 0.0497. The summed E-state index contributed by atoms with van der Waals surface area (Å²) >= 11 is 0. The second kappa shape index (κ2) is 5.76. The Morgan fingerprint density at radius 2 is 2.00 bits per heavy atom. The molecule has 3 heterocycles. The van der Waals surface area contributed by atoms with Crippen LogP contribution in [0.1, 0.15) is 10.4 Å². The number of anilines is 1. The topological polar surface area (TPSA) is 109 Å². The van der Waals surface area contributed by atoms with Gasteiger partial charge in [0.2, 0.25) is 0 Å². The van der Waals surface area contributed by atoms with Crippen molar-refractivity contribution >= 4 is 23.5 Å². The molecule has 0 aliphatic rings. The van der Waals surface area contributed by atoms with Gasteiger partial charge in [-0.2, -0.15) is 0 Å². The first-order chi connectivity index (χ1) is 11.1. The molecule has 0 spiro atoms. The lowest BCUT2D eigenvalue weighted by molar-refractivity contribution is -0.255. The molecule has 0 saturated carbocycles. The number of pyridine rings is 2. The molecule has 116 valence electrons. The Bertz CT molecular complexity index is 886. The molecule has 0 radical (unpaired) electrons. The maximum Gasteiger partial charge on any atom is 0.412 e. The Hall–Kier alpha value is -3.42. The number of amides is 1. The van der Waals surface area contributed by atoms with Crippen molar-refractivity contribution < 1.29 is 19.4 Å². The van der Waals surface area contributed by atoms with Crippen LogP contribution in [0.25, 0.3) is 16.9 Å². The first-order valence-corrected chi connectivity index (χ1v) is 6.58. The number of hydrogen-bond donors (Lipinski definition) is 1. The molecule has 8 nitrogen and oxygen atoms in total. The lowest BCUT2D eigenvalue weighted by atomic mass is 10.2. The summed E-state index contributed by atoms with van der Waals surface area (Å²) in [6.45, 7) is 0. The summed E-state index contributed by atoms with van der Waals surface area (Å²) in [6.07, 6.45) is 3.98. The molecular formula is C15H11N4O4-. The van der Waals surface area contributed by atoms with Crippen LogP contribution in [0.4, 0.5) is 10.6 Å². The summed E-state index contributed by atoms with van der Waals surface area (Å²) < 4.78 is 6.12. The third kappa shape index (κ3) is 2.82. The number of imidazole rings is 1. The summed E-state index contributed by atoms with van der Waals surface area (Å²) in [6, 6.07) is 6.36. The van der Waals surface area contributed by atoms with Crippen LogP contribution >= 0.6 is 0 Å². The molecular weight excluding hydrogens is 300 g/mol. The highest BCUT2D eigenvalue weighted by Gasteiger charge is 2.08. The molecule has 3 aromatic rings. The van der Waals surface area contributed by atoms with Crippen LogP contribution in [0, 0.1) is 0 Å². The zero-order valence-electron chi connectivity index (χ0n) is 12.0. The Kier molecular flexibility index (Phi) is 3.63. The van der Waals surface area contributed by atoms with Gasteiger partial charge in [0, 0.05) is 23.5 Å². The number of nitrogens with zero attached hydrogens (tertiary/aromatic N) is 3. The highest BCUT2D eigenvalue weighted by Crippen LogP contribution is 2.21. The lowest BCUT2D eigenvalue weighted by Crippen LogP contribution is -2.22. The summed E-state index contributed by atoms with van der Waals surface area (Å²) in [4.78, 5) is 30.4. The summed E-state index contributed by atoms with van der Waals surface area (Å²) in [5, 5.41) is 13.4. The highest BCUT2D eigenvalue weighted by molar-refractivity contribution is 5.86. The Morgan fingerprint density at radius 1 is 1.17 bits per heavy atom. The van der Waals surface area contributed by atoms with Gasteiger partial charge in [0.05, 0.1) is 25.0 Å². The van der Waals surface area contributed by atoms with Gasteiger partial charge in [-0.25, -0.2) is 14.8 Å². The molecule has 0 aliphatic heterocycles. The normalized spacial score (nSPS) is 10.5. The van der Waals surface area contributed by atoms with Crippen LogP contribution in [0.3, 0.4) is 0 Å². The van der Waals surface area contributed by atoms with E-state index in [0.29, 0.717) is 22.7 Å². The maximum absolute atomic E-state index is 11.1. The number of fused-ring (bicyclic) bond motifs is 1. The maximum atomic E-state index is 11.1. The molecule has 23 heavy (non-hydrogen) atoms. The molecule has 0 atom stereocenters. The van der Waals surface area contributed by atoms with E-state index in [1.54, 1.807) is 35.0 Å². The molecule has 0 fully saturated rings. The molecule has 0 saturated heterocycles.